The summed E-state index contributed by atoms with van der Waals surface area (Å²) in [6.45, 7) is 3.21. The first kappa shape index (κ1) is 16.5. The van der Waals surface area contributed by atoms with Crippen LogP contribution < -0.4 is 0 Å². The lowest BCUT2D eigenvalue weighted by atomic mass is 10.1. The Balaban J connectivity index is 1.34. The number of likely N-dealkylation sites (tertiary alicyclic amines) is 1. The van der Waals surface area contributed by atoms with Crippen LogP contribution in [-0.2, 0) is 29.7 Å². The van der Waals surface area contributed by atoms with Crippen LogP contribution in [-0.4, -0.2) is 62.1 Å². The van der Waals surface area contributed by atoms with Gasteiger partial charge in [0.05, 0.1) is 18.7 Å². The molecular formula is C20H23N5O2. The molecule has 0 unspecified atom stereocenters. The van der Waals surface area contributed by atoms with Gasteiger partial charge in [0, 0.05) is 56.2 Å². The molecule has 140 valence electrons. The van der Waals surface area contributed by atoms with Crippen molar-refractivity contribution in [2.24, 2.45) is 7.05 Å². The van der Waals surface area contributed by atoms with Crippen molar-refractivity contribution in [2.75, 3.05) is 19.7 Å². The van der Waals surface area contributed by atoms with E-state index in [4.69, 9.17) is 4.74 Å². The molecule has 0 bridgehead atoms. The van der Waals surface area contributed by atoms with Crippen molar-refractivity contribution in [3.05, 3.63) is 54.2 Å². The first-order valence-electron chi connectivity index (χ1n) is 9.33. The molecule has 27 heavy (non-hydrogen) atoms. The van der Waals surface area contributed by atoms with Crippen LogP contribution in [0.2, 0.25) is 0 Å². The number of amides is 1. The van der Waals surface area contributed by atoms with Gasteiger partial charge in [-0.1, -0.05) is 18.2 Å². The maximum atomic E-state index is 12.5. The Hall–Kier alpha value is -2.64. The van der Waals surface area contributed by atoms with E-state index in [0.29, 0.717) is 6.54 Å². The summed E-state index contributed by atoms with van der Waals surface area (Å²) in [5.41, 5.74) is 2.44. The van der Waals surface area contributed by atoms with Gasteiger partial charge in [-0.05, 0) is 11.6 Å². The molecule has 2 aromatic heterocycles. The van der Waals surface area contributed by atoms with E-state index in [9.17, 15) is 4.79 Å². The second kappa shape index (κ2) is 6.51. The molecule has 1 N–H and O–H groups in total. The van der Waals surface area contributed by atoms with Crippen LogP contribution in [0.15, 0.2) is 42.9 Å². The number of aryl methyl sites for hydroxylation is 1. The smallest absolute Gasteiger partial charge is 0.249 e. The van der Waals surface area contributed by atoms with Gasteiger partial charge in [0.1, 0.15) is 12.4 Å². The maximum absolute atomic E-state index is 12.5. The van der Waals surface area contributed by atoms with Gasteiger partial charge in [-0.25, -0.2) is 4.98 Å². The van der Waals surface area contributed by atoms with Gasteiger partial charge in [0.2, 0.25) is 5.91 Å². The Morgan fingerprint density at radius 1 is 1.26 bits per heavy atom. The van der Waals surface area contributed by atoms with Crippen LogP contribution in [0.1, 0.15) is 11.4 Å². The average Bonchev–Trinajstić information content (AvgIpc) is 3.37. The number of aromatic amines is 1. The number of hydrogen-bond donors (Lipinski definition) is 1. The van der Waals surface area contributed by atoms with E-state index in [2.05, 4.69) is 39.3 Å². The first-order chi connectivity index (χ1) is 13.2. The van der Waals surface area contributed by atoms with Gasteiger partial charge in [-0.3, -0.25) is 9.69 Å². The van der Waals surface area contributed by atoms with E-state index in [-0.39, 0.29) is 24.7 Å². The zero-order chi connectivity index (χ0) is 18.4. The SMILES string of the molecule is Cn1ccnc1CN1C(=O)CO[C@H]2CN(Cc3c[nH]c4ccccc34)C[C@H]21. The number of benzene rings is 1. The Bertz CT molecular complexity index is 978. The van der Waals surface area contributed by atoms with Crippen LogP contribution in [0.25, 0.3) is 10.9 Å². The number of nitrogens with zero attached hydrogens (tertiary/aromatic N) is 4. The summed E-state index contributed by atoms with van der Waals surface area (Å²) in [6, 6.07) is 8.44. The zero-order valence-electron chi connectivity index (χ0n) is 15.3. The number of aromatic nitrogens is 3. The lowest BCUT2D eigenvalue weighted by molar-refractivity contribution is -0.154. The standard InChI is InChI=1S/C20H23N5O2/c1-23-7-6-21-19(23)12-25-17-10-24(11-18(17)27-13-20(25)26)9-14-8-22-16-5-3-2-4-15(14)16/h2-8,17-18,22H,9-13H2,1H3/t17-,18+/m1/s1. The van der Waals surface area contributed by atoms with Crippen molar-refractivity contribution in [1.82, 2.24) is 24.3 Å². The third kappa shape index (κ3) is 2.93. The highest BCUT2D eigenvalue weighted by molar-refractivity contribution is 5.83. The molecule has 1 aromatic carbocycles. The quantitative estimate of drug-likeness (QED) is 0.761. The predicted molar refractivity (Wildman–Crippen MR) is 101 cm³/mol. The summed E-state index contributed by atoms with van der Waals surface area (Å²) in [6.07, 6.45) is 5.84. The molecule has 0 saturated carbocycles. The molecule has 2 fully saturated rings. The fourth-order valence-electron chi connectivity index (χ4n) is 4.28. The second-order valence-electron chi connectivity index (χ2n) is 7.45. The van der Waals surface area contributed by atoms with Crippen LogP contribution in [0, 0.1) is 0 Å². The Morgan fingerprint density at radius 2 is 2.15 bits per heavy atom. The normalized spacial score (nSPS) is 23.3. The number of H-pyrrole nitrogens is 1. The monoisotopic (exact) mass is 365 g/mol. The molecule has 2 aliphatic rings. The van der Waals surface area contributed by atoms with Gasteiger partial charge in [0.15, 0.2) is 0 Å². The number of fused-ring (bicyclic) bond motifs is 2. The van der Waals surface area contributed by atoms with Crippen LogP contribution in [0.3, 0.4) is 0 Å². The van der Waals surface area contributed by atoms with Crippen molar-refractivity contribution in [2.45, 2.75) is 25.2 Å². The van der Waals surface area contributed by atoms with E-state index in [1.807, 2.05) is 28.8 Å². The summed E-state index contributed by atoms with van der Waals surface area (Å²) >= 11 is 0. The fraction of sp³-hybridized carbons (Fsp3) is 0.400. The number of nitrogens with one attached hydrogen (secondary N) is 1. The number of hydrogen-bond acceptors (Lipinski definition) is 4. The molecule has 0 aliphatic carbocycles. The largest absolute Gasteiger partial charge is 0.365 e. The first-order valence-corrected chi connectivity index (χ1v) is 9.33. The third-order valence-corrected chi connectivity index (χ3v) is 5.76. The van der Waals surface area contributed by atoms with Gasteiger partial charge in [0.25, 0.3) is 0 Å². The van der Waals surface area contributed by atoms with Crippen molar-refractivity contribution in [1.29, 1.82) is 0 Å². The molecule has 2 aliphatic heterocycles. The molecule has 3 aromatic rings. The van der Waals surface area contributed by atoms with Crippen molar-refractivity contribution >= 4 is 16.8 Å². The minimum Gasteiger partial charge on any atom is -0.365 e. The summed E-state index contributed by atoms with van der Waals surface area (Å²) < 4.78 is 7.83. The molecule has 2 atom stereocenters. The summed E-state index contributed by atoms with van der Waals surface area (Å²) in [5, 5.41) is 1.26. The number of carbonyl (C=O) groups excluding carboxylic acids is 1. The number of rotatable bonds is 4. The summed E-state index contributed by atoms with van der Waals surface area (Å²) in [5.74, 6) is 0.951. The number of para-hydroxylation sites is 1. The minimum absolute atomic E-state index is 0.0493. The molecule has 0 radical (unpaired) electrons. The molecule has 7 heteroatoms. The van der Waals surface area contributed by atoms with Gasteiger partial charge in [-0.15, -0.1) is 0 Å². The third-order valence-electron chi connectivity index (χ3n) is 5.76. The number of morpholine rings is 1. The lowest BCUT2D eigenvalue weighted by Gasteiger charge is -2.36. The van der Waals surface area contributed by atoms with Crippen LogP contribution in [0.4, 0.5) is 0 Å². The Morgan fingerprint density at radius 3 is 3.00 bits per heavy atom. The Labute approximate surface area is 157 Å². The molecule has 1 amide bonds. The van der Waals surface area contributed by atoms with Crippen LogP contribution >= 0.6 is 0 Å². The Kier molecular flexibility index (Phi) is 3.98. The highest BCUT2D eigenvalue weighted by Crippen LogP contribution is 2.27. The highest BCUT2D eigenvalue weighted by Gasteiger charge is 2.43. The van der Waals surface area contributed by atoms with E-state index in [0.717, 1.165) is 31.0 Å². The zero-order valence-corrected chi connectivity index (χ0v) is 15.3. The van der Waals surface area contributed by atoms with Crippen molar-refractivity contribution in [3.63, 3.8) is 0 Å². The molecule has 0 spiro atoms. The van der Waals surface area contributed by atoms with Gasteiger partial charge >= 0.3 is 0 Å². The maximum Gasteiger partial charge on any atom is 0.249 e. The molecule has 2 saturated heterocycles. The molecule has 4 heterocycles. The fourth-order valence-corrected chi connectivity index (χ4v) is 4.28. The second-order valence-corrected chi connectivity index (χ2v) is 7.45. The summed E-state index contributed by atoms with van der Waals surface area (Å²) in [7, 11) is 1.96. The predicted octanol–water partition coefficient (Wildman–Crippen LogP) is 1.51. The summed E-state index contributed by atoms with van der Waals surface area (Å²) in [4.78, 5) is 24.6. The minimum atomic E-state index is 0.0493. The van der Waals surface area contributed by atoms with E-state index in [1.54, 1.807) is 6.20 Å². The average molecular weight is 365 g/mol. The molecule has 7 nitrogen and oxygen atoms in total. The number of carbonyl (C=O) groups is 1. The van der Waals surface area contributed by atoms with Gasteiger partial charge < -0.3 is 19.2 Å². The lowest BCUT2D eigenvalue weighted by Crippen LogP contribution is -2.53. The van der Waals surface area contributed by atoms with Crippen molar-refractivity contribution < 1.29 is 9.53 Å². The molecule has 5 rings (SSSR count). The van der Waals surface area contributed by atoms with E-state index in [1.165, 1.54) is 10.9 Å². The van der Waals surface area contributed by atoms with E-state index >= 15 is 0 Å². The van der Waals surface area contributed by atoms with E-state index < -0.39 is 0 Å². The highest BCUT2D eigenvalue weighted by atomic mass is 16.5. The van der Waals surface area contributed by atoms with Crippen molar-refractivity contribution in [3.8, 4) is 0 Å². The van der Waals surface area contributed by atoms with Crippen LogP contribution in [0.5, 0.6) is 0 Å². The number of ether oxygens (including phenoxy) is 1. The number of imidazole rings is 1. The molecular weight excluding hydrogens is 342 g/mol. The van der Waals surface area contributed by atoms with Gasteiger partial charge in [-0.2, -0.15) is 0 Å². The topological polar surface area (TPSA) is 66.4 Å².